The van der Waals surface area contributed by atoms with E-state index in [2.05, 4.69) is 4.98 Å². The maximum Gasteiger partial charge on any atom is 0.329 e. The van der Waals surface area contributed by atoms with Crippen LogP contribution in [-0.4, -0.2) is 22.6 Å². The van der Waals surface area contributed by atoms with Crippen molar-refractivity contribution in [2.45, 2.75) is 26.8 Å². The average molecular weight is 279 g/mol. The van der Waals surface area contributed by atoms with Crippen LogP contribution in [0.5, 0.6) is 0 Å². The number of nitrogens with two attached hydrogens (primary N) is 1. The lowest BCUT2D eigenvalue weighted by Crippen LogP contribution is -2.26. The number of esters is 1. The Kier molecular flexibility index (Phi) is 3.65. The molecule has 1 heterocycles. The molecule has 0 aliphatic rings. The van der Waals surface area contributed by atoms with Crippen LogP contribution >= 0.6 is 0 Å². The number of carbonyl (C=O) groups excluding carboxylic acids is 1. The molecule has 1 atom stereocenters. The van der Waals surface area contributed by atoms with Crippen molar-refractivity contribution < 1.29 is 13.9 Å². The van der Waals surface area contributed by atoms with E-state index in [1.54, 1.807) is 17.6 Å². The molecule has 1 aromatic heterocycles. The number of aromatic nitrogens is 2. The Labute approximate surface area is 116 Å². The second kappa shape index (κ2) is 5.11. The van der Waals surface area contributed by atoms with E-state index in [1.165, 1.54) is 13.2 Å². The second-order valence-electron chi connectivity index (χ2n) is 5.14. The largest absolute Gasteiger partial charge is 0.467 e. The third kappa shape index (κ3) is 2.21. The van der Waals surface area contributed by atoms with Crippen molar-refractivity contribution in [3.8, 4) is 0 Å². The molecule has 6 heteroatoms. The van der Waals surface area contributed by atoms with Gasteiger partial charge in [0.2, 0.25) is 5.95 Å². The lowest BCUT2D eigenvalue weighted by atomic mass is 10.0. The number of anilines is 1. The molecule has 5 nitrogen and oxygen atoms in total. The average Bonchev–Trinajstić information content (AvgIpc) is 2.66. The molecule has 2 aromatic rings. The molecule has 0 spiro atoms. The van der Waals surface area contributed by atoms with Gasteiger partial charge in [0.15, 0.2) is 0 Å². The van der Waals surface area contributed by atoms with Crippen LogP contribution in [-0.2, 0) is 9.53 Å². The minimum Gasteiger partial charge on any atom is -0.467 e. The van der Waals surface area contributed by atoms with E-state index in [4.69, 9.17) is 10.5 Å². The molecule has 2 N–H and O–H groups in total. The van der Waals surface area contributed by atoms with Gasteiger partial charge in [-0.05, 0) is 24.5 Å². The normalized spacial score (nSPS) is 12.9. The van der Waals surface area contributed by atoms with Gasteiger partial charge in [-0.3, -0.25) is 4.57 Å². The first-order valence-corrected chi connectivity index (χ1v) is 6.38. The molecule has 0 saturated heterocycles. The quantitative estimate of drug-likeness (QED) is 0.876. The van der Waals surface area contributed by atoms with E-state index in [0.717, 1.165) is 0 Å². The highest BCUT2D eigenvalue weighted by atomic mass is 19.1. The van der Waals surface area contributed by atoms with Gasteiger partial charge in [0.25, 0.3) is 0 Å². The predicted octanol–water partition coefficient (Wildman–Crippen LogP) is 2.44. The van der Waals surface area contributed by atoms with Crippen molar-refractivity contribution in [1.29, 1.82) is 0 Å². The Hall–Kier alpha value is -2.11. The number of hydrogen-bond acceptors (Lipinski definition) is 4. The number of methoxy groups -OCH3 is 1. The number of carbonyl (C=O) groups is 1. The fourth-order valence-corrected chi connectivity index (χ4v) is 2.33. The Bertz CT molecular complexity index is 664. The monoisotopic (exact) mass is 279 g/mol. The number of nitrogen functional groups attached to an aromatic ring is 1. The first kappa shape index (κ1) is 14.3. The number of rotatable bonds is 3. The number of nitrogens with zero attached hydrogens (tertiary/aromatic N) is 2. The number of hydrogen-bond donors (Lipinski definition) is 1. The molecule has 108 valence electrons. The molecule has 2 rings (SSSR count). The molecule has 0 aliphatic carbocycles. The Morgan fingerprint density at radius 3 is 2.65 bits per heavy atom. The fraction of sp³-hybridized carbons (Fsp3) is 0.429. The molecule has 20 heavy (non-hydrogen) atoms. The molecular weight excluding hydrogens is 261 g/mol. The van der Waals surface area contributed by atoms with Gasteiger partial charge in [-0.1, -0.05) is 13.8 Å². The van der Waals surface area contributed by atoms with Gasteiger partial charge in [0.05, 0.1) is 18.1 Å². The molecule has 0 bridgehead atoms. The Morgan fingerprint density at radius 2 is 2.10 bits per heavy atom. The maximum atomic E-state index is 13.6. The Morgan fingerprint density at radius 1 is 1.45 bits per heavy atom. The van der Waals surface area contributed by atoms with Gasteiger partial charge in [0, 0.05) is 6.07 Å². The first-order chi connectivity index (χ1) is 9.36. The molecule has 0 saturated carbocycles. The number of fused-ring (bicyclic) bond motifs is 1. The summed E-state index contributed by atoms with van der Waals surface area (Å²) in [7, 11) is 1.33. The van der Waals surface area contributed by atoms with Crippen LogP contribution in [0, 0.1) is 18.7 Å². The van der Waals surface area contributed by atoms with E-state index < -0.39 is 12.0 Å². The van der Waals surface area contributed by atoms with Gasteiger partial charge >= 0.3 is 5.97 Å². The predicted molar refractivity (Wildman–Crippen MR) is 74.7 cm³/mol. The number of imidazole rings is 1. The highest BCUT2D eigenvalue weighted by Crippen LogP contribution is 2.29. The molecule has 0 radical (unpaired) electrons. The van der Waals surface area contributed by atoms with Crippen molar-refractivity contribution in [2.75, 3.05) is 12.8 Å². The summed E-state index contributed by atoms with van der Waals surface area (Å²) in [6, 6.07) is 2.38. The molecule has 0 amide bonds. The number of benzene rings is 1. The summed E-state index contributed by atoms with van der Waals surface area (Å²) in [6.45, 7) is 5.44. The second-order valence-corrected chi connectivity index (χ2v) is 5.14. The zero-order valence-corrected chi connectivity index (χ0v) is 12.0. The molecule has 1 unspecified atom stereocenters. The van der Waals surface area contributed by atoms with E-state index in [9.17, 15) is 9.18 Å². The van der Waals surface area contributed by atoms with Crippen LogP contribution < -0.4 is 5.73 Å². The maximum absolute atomic E-state index is 13.6. The van der Waals surface area contributed by atoms with Crippen LogP contribution in [0.1, 0.15) is 25.5 Å². The van der Waals surface area contributed by atoms with E-state index >= 15 is 0 Å². The summed E-state index contributed by atoms with van der Waals surface area (Å²) >= 11 is 0. The minimum absolute atomic E-state index is 0.0347. The van der Waals surface area contributed by atoms with Gasteiger partial charge in [-0.15, -0.1) is 0 Å². The van der Waals surface area contributed by atoms with Gasteiger partial charge in [0.1, 0.15) is 11.9 Å². The zero-order chi connectivity index (χ0) is 15.0. The zero-order valence-electron chi connectivity index (χ0n) is 12.0. The SMILES string of the molecule is COC(=O)C(C(C)C)n1c(N)nc2cc(F)c(C)cc21. The van der Waals surface area contributed by atoms with Crippen molar-refractivity contribution in [3.63, 3.8) is 0 Å². The first-order valence-electron chi connectivity index (χ1n) is 6.38. The summed E-state index contributed by atoms with van der Waals surface area (Å²) in [4.78, 5) is 16.1. The highest BCUT2D eigenvalue weighted by molar-refractivity contribution is 5.83. The lowest BCUT2D eigenvalue weighted by molar-refractivity contribution is -0.145. The summed E-state index contributed by atoms with van der Waals surface area (Å²) in [6.07, 6.45) is 0. The highest BCUT2D eigenvalue weighted by Gasteiger charge is 2.28. The number of halogens is 1. The van der Waals surface area contributed by atoms with Crippen LogP contribution in [0.3, 0.4) is 0 Å². The van der Waals surface area contributed by atoms with Crippen molar-refractivity contribution in [3.05, 3.63) is 23.5 Å². The van der Waals surface area contributed by atoms with E-state index in [0.29, 0.717) is 16.6 Å². The number of aryl methyl sites for hydroxylation is 1. The number of ether oxygens (including phenoxy) is 1. The molecule has 0 fully saturated rings. The molecule has 0 aliphatic heterocycles. The third-order valence-corrected chi connectivity index (χ3v) is 3.35. The Balaban J connectivity index is 2.71. The molecular formula is C14H18FN3O2. The third-order valence-electron chi connectivity index (χ3n) is 3.35. The van der Waals surface area contributed by atoms with E-state index in [1.807, 2.05) is 13.8 Å². The minimum atomic E-state index is -0.588. The van der Waals surface area contributed by atoms with Gasteiger partial charge in [-0.2, -0.15) is 0 Å². The smallest absolute Gasteiger partial charge is 0.329 e. The van der Waals surface area contributed by atoms with E-state index in [-0.39, 0.29) is 17.7 Å². The summed E-state index contributed by atoms with van der Waals surface area (Å²) in [5.74, 6) is -0.601. The summed E-state index contributed by atoms with van der Waals surface area (Å²) in [5.41, 5.74) is 7.44. The van der Waals surface area contributed by atoms with Crippen molar-refractivity contribution in [1.82, 2.24) is 9.55 Å². The standard InChI is InChI=1S/C14H18FN3O2/c1-7(2)12(13(19)20-4)18-11-5-8(3)9(15)6-10(11)17-14(18)16/h5-7,12H,1-4H3,(H2,16,17). The van der Waals surface area contributed by atoms with Gasteiger partial charge in [-0.25, -0.2) is 14.2 Å². The molecule has 1 aromatic carbocycles. The lowest BCUT2D eigenvalue weighted by Gasteiger charge is -2.21. The van der Waals surface area contributed by atoms with Crippen molar-refractivity contribution in [2.24, 2.45) is 5.92 Å². The van der Waals surface area contributed by atoms with Crippen molar-refractivity contribution >= 4 is 23.0 Å². The summed E-state index contributed by atoms with van der Waals surface area (Å²) < 4.78 is 20.0. The fourth-order valence-electron chi connectivity index (χ4n) is 2.33. The summed E-state index contributed by atoms with van der Waals surface area (Å²) in [5, 5.41) is 0. The van der Waals surface area contributed by atoms with Gasteiger partial charge < -0.3 is 10.5 Å². The van der Waals surface area contributed by atoms with Crippen LogP contribution in [0.15, 0.2) is 12.1 Å². The van der Waals surface area contributed by atoms with Crippen LogP contribution in [0.4, 0.5) is 10.3 Å². The topological polar surface area (TPSA) is 70.1 Å². The van der Waals surface area contributed by atoms with Crippen LogP contribution in [0.2, 0.25) is 0 Å². The van der Waals surface area contributed by atoms with Crippen LogP contribution in [0.25, 0.3) is 11.0 Å².